The van der Waals surface area contributed by atoms with E-state index in [9.17, 15) is 22.8 Å². The number of halogens is 3. The molecular formula is C14H22F3NO3. The highest BCUT2D eigenvalue weighted by Crippen LogP contribution is 2.31. The predicted molar refractivity (Wildman–Crippen MR) is 70.6 cm³/mol. The second-order valence-corrected chi connectivity index (χ2v) is 5.63. The van der Waals surface area contributed by atoms with Crippen LogP contribution in [0.15, 0.2) is 0 Å². The van der Waals surface area contributed by atoms with Crippen LogP contribution >= 0.6 is 0 Å². The van der Waals surface area contributed by atoms with E-state index >= 15 is 0 Å². The number of nitrogens with zero attached hydrogens (tertiary/aromatic N) is 1. The van der Waals surface area contributed by atoms with Gasteiger partial charge in [0.15, 0.2) is 0 Å². The first-order valence-corrected chi connectivity index (χ1v) is 7.33. The quantitative estimate of drug-likeness (QED) is 0.820. The number of alkyl halides is 3. The molecule has 1 rings (SSSR count). The maximum Gasteiger partial charge on any atom is 0.406 e. The summed E-state index contributed by atoms with van der Waals surface area (Å²) in [5, 5.41) is 9.00. The smallest absolute Gasteiger partial charge is 0.406 e. The van der Waals surface area contributed by atoms with E-state index in [0.717, 1.165) is 4.90 Å². The molecule has 0 saturated heterocycles. The molecule has 1 saturated carbocycles. The summed E-state index contributed by atoms with van der Waals surface area (Å²) in [5.41, 5.74) is 0. The van der Waals surface area contributed by atoms with Gasteiger partial charge in [0.05, 0.1) is 5.92 Å². The molecule has 0 spiro atoms. The Labute approximate surface area is 122 Å². The third kappa shape index (κ3) is 5.93. The van der Waals surface area contributed by atoms with Gasteiger partial charge in [0.2, 0.25) is 5.91 Å². The van der Waals surface area contributed by atoms with E-state index in [-0.39, 0.29) is 13.0 Å². The first-order chi connectivity index (χ1) is 9.74. The third-order valence-electron chi connectivity index (χ3n) is 3.84. The number of aliphatic carboxylic acids is 1. The average Bonchev–Trinajstić information content (AvgIpc) is 2.41. The Hall–Kier alpha value is -1.27. The van der Waals surface area contributed by atoms with Gasteiger partial charge in [0.25, 0.3) is 0 Å². The highest BCUT2D eigenvalue weighted by atomic mass is 19.4. The van der Waals surface area contributed by atoms with Gasteiger partial charge in [-0.05, 0) is 25.7 Å². The molecular weight excluding hydrogens is 287 g/mol. The topological polar surface area (TPSA) is 57.6 Å². The van der Waals surface area contributed by atoms with Crippen LogP contribution < -0.4 is 0 Å². The number of carboxylic acids is 1. The Morgan fingerprint density at radius 1 is 1.24 bits per heavy atom. The maximum atomic E-state index is 12.6. The van der Waals surface area contributed by atoms with Crippen LogP contribution in [-0.2, 0) is 9.59 Å². The molecule has 0 aromatic heterocycles. The van der Waals surface area contributed by atoms with E-state index in [1.807, 2.05) is 6.92 Å². The van der Waals surface area contributed by atoms with Gasteiger partial charge < -0.3 is 10.0 Å². The summed E-state index contributed by atoms with van der Waals surface area (Å²) in [7, 11) is 0. The van der Waals surface area contributed by atoms with Gasteiger partial charge in [0.1, 0.15) is 6.54 Å². The Morgan fingerprint density at radius 3 is 2.38 bits per heavy atom. The lowest BCUT2D eigenvalue weighted by molar-refractivity contribution is -0.165. The minimum atomic E-state index is -4.43. The number of carbonyl (C=O) groups excluding carboxylic acids is 1. The van der Waals surface area contributed by atoms with Crippen molar-refractivity contribution in [2.24, 2.45) is 11.8 Å². The van der Waals surface area contributed by atoms with E-state index in [1.165, 1.54) is 0 Å². The summed E-state index contributed by atoms with van der Waals surface area (Å²) in [6.45, 7) is 0.667. The summed E-state index contributed by atoms with van der Waals surface area (Å²) in [6.07, 6.45) is -1.53. The molecule has 1 amide bonds. The lowest BCUT2D eigenvalue weighted by Crippen LogP contribution is -2.44. The zero-order chi connectivity index (χ0) is 16.0. The predicted octanol–water partition coefficient (Wildman–Crippen LogP) is 3.07. The molecule has 0 radical (unpaired) electrons. The number of rotatable bonds is 6. The van der Waals surface area contributed by atoms with Gasteiger partial charge >= 0.3 is 12.1 Å². The van der Waals surface area contributed by atoms with Crippen molar-refractivity contribution < 1.29 is 27.9 Å². The fourth-order valence-electron chi connectivity index (χ4n) is 2.73. The lowest BCUT2D eigenvalue weighted by Gasteiger charge is -2.31. The number of hydrogen-bond acceptors (Lipinski definition) is 2. The molecule has 1 aliphatic carbocycles. The van der Waals surface area contributed by atoms with Crippen molar-refractivity contribution in [2.45, 2.75) is 51.6 Å². The largest absolute Gasteiger partial charge is 0.481 e. The third-order valence-corrected chi connectivity index (χ3v) is 3.84. The standard InChI is InChI=1S/C14H22F3NO3/c1-2-3-7-18(9-14(15,16)17)12(19)10-5-4-6-11(8-10)13(20)21/h10-11H,2-9H2,1H3,(H,20,21). The first-order valence-electron chi connectivity index (χ1n) is 7.33. The highest BCUT2D eigenvalue weighted by molar-refractivity contribution is 5.80. The summed E-state index contributed by atoms with van der Waals surface area (Å²) < 4.78 is 37.7. The normalized spacial score (nSPS) is 22.9. The minimum Gasteiger partial charge on any atom is -0.481 e. The molecule has 0 bridgehead atoms. The molecule has 1 aliphatic rings. The van der Waals surface area contributed by atoms with Crippen LogP contribution in [0.4, 0.5) is 13.2 Å². The average molecular weight is 309 g/mol. The number of amides is 1. The SMILES string of the molecule is CCCCN(CC(F)(F)F)C(=O)C1CCCC(C(=O)O)C1. The minimum absolute atomic E-state index is 0.0725. The van der Waals surface area contributed by atoms with Crippen LogP contribution in [0.1, 0.15) is 45.4 Å². The van der Waals surface area contributed by atoms with Gasteiger partial charge in [-0.1, -0.05) is 19.8 Å². The highest BCUT2D eigenvalue weighted by Gasteiger charge is 2.37. The molecule has 2 unspecified atom stereocenters. The van der Waals surface area contributed by atoms with Crippen LogP contribution in [-0.4, -0.2) is 41.1 Å². The van der Waals surface area contributed by atoms with Gasteiger partial charge in [-0.15, -0.1) is 0 Å². The zero-order valence-electron chi connectivity index (χ0n) is 12.2. The summed E-state index contributed by atoms with van der Waals surface area (Å²) in [4.78, 5) is 24.1. The molecule has 1 fully saturated rings. The molecule has 0 heterocycles. The fourth-order valence-corrected chi connectivity index (χ4v) is 2.73. The van der Waals surface area contributed by atoms with Crippen LogP contribution in [0, 0.1) is 11.8 Å². The Bertz CT molecular complexity index is 371. The van der Waals surface area contributed by atoms with E-state index in [1.54, 1.807) is 0 Å². The summed E-state index contributed by atoms with van der Waals surface area (Å²) >= 11 is 0. The van der Waals surface area contributed by atoms with E-state index in [0.29, 0.717) is 32.1 Å². The van der Waals surface area contributed by atoms with E-state index < -0.39 is 36.4 Å². The molecule has 1 N–H and O–H groups in total. The van der Waals surface area contributed by atoms with Gasteiger partial charge in [-0.3, -0.25) is 9.59 Å². The van der Waals surface area contributed by atoms with Crippen molar-refractivity contribution in [1.29, 1.82) is 0 Å². The van der Waals surface area contributed by atoms with Crippen molar-refractivity contribution in [3.05, 3.63) is 0 Å². The molecule has 4 nitrogen and oxygen atoms in total. The molecule has 7 heteroatoms. The van der Waals surface area contributed by atoms with Gasteiger partial charge in [0, 0.05) is 12.5 Å². The van der Waals surface area contributed by atoms with Crippen molar-refractivity contribution >= 4 is 11.9 Å². The van der Waals surface area contributed by atoms with Crippen molar-refractivity contribution in [3.8, 4) is 0 Å². The second-order valence-electron chi connectivity index (χ2n) is 5.63. The van der Waals surface area contributed by atoms with Crippen molar-refractivity contribution in [1.82, 2.24) is 4.90 Å². The van der Waals surface area contributed by atoms with Crippen LogP contribution in [0.3, 0.4) is 0 Å². The van der Waals surface area contributed by atoms with Crippen LogP contribution in [0.2, 0.25) is 0 Å². The maximum absolute atomic E-state index is 12.6. The van der Waals surface area contributed by atoms with Crippen LogP contribution in [0.25, 0.3) is 0 Å². The number of carbonyl (C=O) groups is 2. The number of unbranched alkanes of at least 4 members (excludes halogenated alkanes) is 1. The molecule has 21 heavy (non-hydrogen) atoms. The fraction of sp³-hybridized carbons (Fsp3) is 0.857. The molecule has 2 atom stereocenters. The number of carboxylic acid groups (broad SMARTS) is 1. The molecule has 0 aromatic carbocycles. The van der Waals surface area contributed by atoms with E-state index in [4.69, 9.17) is 5.11 Å². The Balaban J connectivity index is 2.71. The zero-order valence-corrected chi connectivity index (χ0v) is 12.2. The Morgan fingerprint density at radius 2 is 1.86 bits per heavy atom. The Kier molecular flexibility index (Phi) is 6.48. The van der Waals surface area contributed by atoms with Crippen molar-refractivity contribution in [2.75, 3.05) is 13.1 Å². The van der Waals surface area contributed by atoms with Gasteiger partial charge in [-0.25, -0.2) is 0 Å². The summed E-state index contributed by atoms with van der Waals surface area (Å²) in [5.74, 6) is -2.74. The second kappa shape index (κ2) is 7.66. The lowest BCUT2D eigenvalue weighted by atomic mass is 9.80. The summed E-state index contributed by atoms with van der Waals surface area (Å²) in [6, 6.07) is 0. The van der Waals surface area contributed by atoms with E-state index in [2.05, 4.69) is 0 Å². The molecule has 0 aliphatic heterocycles. The molecule has 122 valence electrons. The molecule has 0 aromatic rings. The van der Waals surface area contributed by atoms with Crippen LogP contribution in [0.5, 0.6) is 0 Å². The van der Waals surface area contributed by atoms with Crippen molar-refractivity contribution in [3.63, 3.8) is 0 Å². The first kappa shape index (κ1) is 17.8. The van der Waals surface area contributed by atoms with Gasteiger partial charge in [-0.2, -0.15) is 13.2 Å². The monoisotopic (exact) mass is 309 g/mol. The number of hydrogen-bond donors (Lipinski definition) is 1.